The van der Waals surface area contributed by atoms with Gasteiger partial charge in [-0.25, -0.2) is 0 Å². The molecular weight excluding hydrogens is 388 g/mol. The van der Waals surface area contributed by atoms with Crippen LogP contribution in [-0.2, 0) is 16.1 Å². The number of nitrogens with one attached hydrogen (secondary N) is 1. The number of carbonyl (C=O) groups excluding carboxylic acids is 2. The molecule has 0 radical (unpaired) electrons. The first-order valence-corrected chi connectivity index (χ1v) is 9.89. The van der Waals surface area contributed by atoms with Crippen molar-refractivity contribution in [2.24, 2.45) is 5.92 Å². The molecule has 6 heteroatoms. The molecule has 4 rings (SSSR count). The zero-order valence-corrected chi connectivity index (χ0v) is 16.5. The molecule has 1 fully saturated rings. The van der Waals surface area contributed by atoms with Crippen LogP contribution >= 0.6 is 11.6 Å². The smallest absolute Gasteiger partial charge is 0.226 e. The molecule has 1 aliphatic heterocycles. The maximum atomic E-state index is 13.0. The van der Waals surface area contributed by atoms with E-state index in [0.29, 0.717) is 23.9 Å². The molecule has 2 atom stereocenters. The van der Waals surface area contributed by atoms with E-state index < -0.39 is 5.92 Å². The number of carbonyl (C=O) groups is 2. The van der Waals surface area contributed by atoms with Gasteiger partial charge in [0.1, 0.15) is 5.76 Å². The van der Waals surface area contributed by atoms with E-state index in [0.717, 1.165) is 11.1 Å². The topological polar surface area (TPSA) is 62.6 Å². The van der Waals surface area contributed by atoms with Gasteiger partial charge in [0.05, 0.1) is 24.8 Å². The summed E-state index contributed by atoms with van der Waals surface area (Å²) in [4.78, 5) is 27.1. The van der Waals surface area contributed by atoms with Crippen LogP contribution in [-0.4, -0.2) is 23.3 Å². The maximum Gasteiger partial charge on any atom is 0.226 e. The molecule has 1 saturated heterocycles. The molecule has 0 saturated carbocycles. The normalized spacial score (nSPS) is 17.3. The molecule has 0 aliphatic carbocycles. The Bertz CT molecular complexity index is 971. The zero-order valence-electron chi connectivity index (χ0n) is 15.8. The van der Waals surface area contributed by atoms with E-state index in [9.17, 15) is 9.59 Å². The summed E-state index contributed by atoms with van der Waals surface area (Å²) in [5.74, 6) is 0.145. The summed E-state index contributed by atoms with van der Waals surface area (Å²) in [6.45, 7) is 0.766. The number of benzene rings is 2. The minimum Gasteiger partial charge on any atom is -0.467 e. The maximum absolute atomic E-state index is 13.0. The molecule has 29 heavy (non-hydrogen) atoms. The monoisotopic (exact) mass is 408 g/mol. The van der Waals surface area contributed by atoms with E-state index in [2.05, 4.69) is 5.32 Å². The fourth-order valence-electron chi connectivity index (χ4n) is 3.61. The number of furan rings is 1. The van der Waals surface area contributed by atoms with Crippen LogP contribution in [0.2, 0.25) is 5.02 Å². The Hall–Kier alpha value is -3.05. The van der Waals surface area contributed by atoms with E-state index in [1.807, 2.05) is 60.7 Å². The van der Waals surface area contributed by atoms with Crippen molar-refractivity contribution in [1.29, 1.82) is 0 Å². The Labute approximate surface area is 174 Å². The number of likely N-dealkylation sites (tertiary alicyclic amines) is 1. The van der Waals surface area contributed by atoms with Crippen molar-refractivity contribution in [3.8, 4) is 0 Å². The Morgan fingerprint density at radius 1 is 1.07 bits per heavy atom. The molecule has 148 valence electrons. The van der Waals surface area contributed by atoms with Gasteiger partial charge in [0.25, 0.3) is 0 Å². The van der Waals surface area contributed by atoms with Crippen LogP contribution in [0.25, 0.3) is 0 Å². The molecule has 1 aromatic heterocycles. The van der Waals surface area contributed by atoms with E-state index in [4.69, 9.17) is 16.0 Å². The molecule has 2 heterocycles. The molecular formula is C23H21ClN2O3. The molecule has 2 amide bonds. The lowest BCUT2D eigenvalue weighted by molar-refractivity contribution is -0.129. The van der Waals surface area contributed by atoms with Gasteiger partial charge in [-0.05, 0) is 35.4 Å². The summed E-state index contributed by atoms with van der Waals surface area (Å²) in [5.41, 5.74) is 1.91. The van der Waals surface area contributed by atoms with E-state index >= 15 is 0 Å². The molecule has 1 N–H and O–H groups in total. The van der Waals surface area contributed by atoms with Gasteiger partial charge in [-0.1, -0.05) is 54.1 Å². The summed E-state index contributed by atoms with van der Waals surface area (Å²) < 4.78 is 5.32. The summed E-state index contributed by atoms with van der Waals surface area (Å²) in [6.07, 6.45) is 1.78. The highest BCUT2D eigenvalue weighted by molar-refractivity contribution is 6.30. The molecule has 2 aromatic carbocycles. The fraction of sp³-hybridized carbons (Fsp3) is 0.217. The Balaban J connectivity index is 1.49. The summed E-state index contributed by atoms with van der Waals surface area (Å²) in [5, 5.41) is 3.77. The van der Waals surface area contributed by atoms with Gasteiger partial charge in [0.2, 0.25) is 11.8 Å². The largest absolute Gasteiger partial charge is 0.467 e. The van der Waals surface area contributed by atoms with Crippen molar-refractivity contribution >= 4 is 23.4 Å². The molecule has 0 spiro atoms. The highest BCUT2D eigenvalue weighted by Crippen LogP contribution is 2.26. The van der Waals surface area contributed by atoms with Gasteiger partial charge in [0.15, 0.2) is 0 Å². The first-order valence-electron chi connectivity index (χ1n) is 9.51. The van der Waals surface area contributed by atoms with Crippen LogP contribution < -0.4 is 5.32 Å². The van der Waals surface area contributed by atoms with E-state index in [1.54, 1.807) is 17.2 Å². The van der Waals surface area contributed by atoms with Crippen LogP contribution in [0, 0.1) is 5.92 Å². The lowest BCUT2D eigenvalue weighted by atomic mass is 9.97. The summed E-state index contributed by atoms with van der Waals surface area (Å²) >= 11 is 6.02. The van der Waals surface area contributed by atoms with Gasteiger partial charge in [-0.15, -0.1) is 0 Å². The highest BCUT2D eigenvalue weighted by Gasteiger charge is 2.35. The third-order valence-corrected chi connectivity index (χ3v) is 5.39. The molecule has 1 aliphatic rings. The number of rotatable bonds is 6. The summed E-state index contributed by atoms with van der Waals surface area (Å²) in [6, 6.07) is 20.5. The Morgan fingerprint density at radius 2 is 1.79 bits per heavy atom. The third kappa shape index (κ3) is 4.51. The predicted octanol–water partition coefficient (Wildman–Crippen LogP) is 4.19. The van der Waals surface area contributed by atoms with Crippen molar-refractivity contribution in [3.63, 3.8) is 0 Å². The Kier molecular flexibility index (Phi) is 5.67. The first-order chi connectivity index (χ1) is 14.1. The van der Waals surface area contributed by atoms with Gasteiger partial charge in [-0.3, -0.25) is 9.59 Å². The van der Waals surface area contributed by atoms with Crippen molar-refractivity contribution in [3.05, 3.63) is 94.9 Å². The number of hydrogen-bond donors (Lipinski definition) is 1. The third-order valence-electron chi connectivity index (χ3n) is 5.13. The standard InChI is InChI=1S/C23H21ClN2O3/c24-19-10-8-17(9-11-19)22(16-5-2-1-3-6-16)25-23(28)18-13-21(27)26(14-18)15-20-7-4-12-29-20/h1-12,18,22H,13-15H2,(H,25,28). The van der Waals surface area contributed by atoms with E-state index in [1.165, 1.54) is 0 Å². The number of amides is 2. The minimum atomic E-state index is -0.393. The fourth-order valence-corrected chi connectivity index (χ4v) is 3.74. The average Bonchev–Trinajstić information content (AvgIpc) is 3.38. The SMILES string of the molecule is O=C(NC(c1ccccc1)c1ccc(Cl)cc1)C1CC(=O)N(Cc2ccco2)C1. The van der Waals surface area contributed by atoms with Crippen molar-refractivity contribution in [1.82, 2.24) is 10.2 Å². The van der Waals surface area contributed by atoms with Gasteiger partial charge in [-0.2, -0.15) is 0 Å². The number of halogens is 1. The lowest BCUT2D eigenvalue weighted by Gasteiger charge is -2.22. The van der Waals surface area contributed by atoms with Crippen LogP contribution in [0.15, 0.2) is 77.4 Å². The summed E-state index contributed by atoms with van der Waals surface area (Å²) in [7, 11) is 0. The number of hydrogen-bond acceptors (Lipinski definition) is 3. The zero-order chi connectivity index (χ0) is 20.2. The minimum absolute atomic E-state index is 0.0377. The van der Waals surface area contributed by atoms with Crippen LogP contribution in [0.1, 0.15) is 29.3 Å². The quantitative estimate of drug-likeness (QED) is 0.665. The van der Waals surface area contributed by atoms with Crippen LogP contribution in [0.3, 0.4) is 0 Å². The van der Waals surface area contributed by atoms with Crippen molar-refractivity contribution in [2.75, 3.05) is 6.54 Å². The van der Waals surface area contributed by atoms with Crippen LogP contribution in [0.4, 0.5) is 0 Å². The second kappa shape index (κ2) is 8.53. The highest BCUT2D eigenvalue weighted by atomic mass is 35.5. The lowest BCUT2D eigenvalue weighted by Crippen LogP contribution is -2.36. The first kappa shape index (κ1) is 19.3. The average molecular weight is 409 g/mol. The molecule has 3 aromatic rings. The number of nitrogens with zero attached hydrogens (tertiary/aromatic N) is 1. The van der Waals surface area contributed by atoms with Crippen LogP contribution in [0.5, 0.6) is 0 Å². The van der Waals surface area contributed by atoms with Gasteiger partial charge < -0.3 is 14.6 Å². The van der Waals surface area contributed by atoms with E-state index in [-0.39, 0.29) is 24.3 Å². The van der Waals surface area contributed by atoms with Crippen molar-refractivity contribution < 1.29 is 14.0 Å². The van der Waals surface area contributed by atoms with Crippen molar-refractivity contribution in [2.45, 2.75) is 19.0 Å². The van der Waals surface area contributed by atoms with Gasteiger partial charge >= 0.3 is 0 Å². The van der Waals surface area contributed by atoms with Gasteiger partial charge in [0, 0.05) is 18.0 Å². The Morgan fingerprint density at radius 3 is 2.48 bits per heavy atom. The second-order valence-corrected chi connectivity index (χ2v) is 7.59. The molecule has 0 bridgehead atoms. The molecule has 2 unspecified atom stereocenters. The second-order valence-electron chi connectivity index (χ2n) is 7.16. The molecule has 5 nitrogen and oxygen atoms in total. The predicted molar refractivity (Wildman–Crippen MR) is 110 cm³/mol.